The van der Waals surface area contributed by atoms with Gasteiger partial charge in [0.2, 0.25) is 0 Å². The fourth-order valence-electron chi connectivity index (χ4n) is 2.62. The summed E-state index contributed by atoms with van der Waals surface area (Å²) in [5, 5.41) is 3.78. The summed E-state index contributed by atoms with van der Waals surface area (Å²) in [5.41, 5.74) is 2.92. The lowest BCUT2D eigenvalue weighted by molar-refractivity contribution is 0.297. The van der Waals surface area contributed by atoms with Crippen LogP contribution in [0.5, 0.6) is 0 Å². The lowest BCUT2D eigenvalue weighted by atomic mass is 9.85. The van der Waals surface area contributed by atoms with E-state index in [1.807, 2.05) is 12.4 Å². The van der Waals surface area contributed by atoms with Crippen LogP contribution >= 0.6 is 0 Å². The molecule has 1 heterocycles. The number of aromatic nitrogens is 1. The monoisotopic (exact) mass is 282 g/mol. The number of nitrogens with one attached hydrogen (secondary N) is 1. The van der Waals surface area contributed by atoms with Crippen molar-refractivity contribution in [3.05, 3.63) is 66.0 Å². The third kappa shape index (κ3) is 4.98. The van der Waals surface area contributed by atoms with Crippen molar-refractivity contribution >= 4 is 0 Å². The van der Waals surface area contributed by atoms with Gasteiger partial charge in [0.25, 0.3) is 0 Å². The average Bonchev–Trinajstić information content (AvgIpc) is 2.47. The van der Waals surface area contributed by atoms with Crippen LogP contribution in [0.15, 0.2) is 54.9 Å². The van der Waals surface area contributed by atoms with E-state index in [1.165, 1.54) is 11.1 Å². The lowest BCUT2D eigenvalue weighted by Gasteiger charge is -2.30. The Balaban J connectivity index is 2.16. The molecule has 0 saturated carbocycles. The molecule has 0 radical (unpaired) electrons. The van der Waals surface area contributed by atoms with E-state index in [4.69, 9.17) is 0 Å². The highest BCUT2D eigenvalue weighted by molar-refractivity contribution is 5.21. The molecule has 0 bridgehead atoms. The quantitative estimate of drug-likeness (QED) is 0.843. The van der Waals surface area contributed by atoms with Crippen LogP contribution in [0.2, 0.25) is 0 Å². The fraction of sp³-hybridized carbons (Fsp3) is 0.421. The van der Waals surface area contributed by atoms with E-state index in [0.29, 0.717) is 12.1 Å². The largest absolute Gasteiger partial charge is 0.303 e. The second kappa shape index (κ2) is 6.86. The Labute approximate surface area is 128 Å². The topological polar surface area (TPSA) is 24.9 Å². The maximum absolute atomic E-state index is 4.10. The van der Waals surface area contributed by atoms with Crippen LogP contribution in [0.25, 0.3) is 0 Å². The number of hydrogen-bond donors (Lipinski definition) is 1. The SMILES string of the molecule is CC(NC(CC(C)(C)C)c1ccccc1)c1ccncc1. The van der Waals surface area contributed by atoms with E-state index in [2.05, 4.69) is 80.5 Å². The first kappa shape index (κ1) is 15.7. The third-order valence-corrected chi connectivity index (χ3v) is 3.68. The first-order valence-corrected chi connectivity index (χ1v) is 7.66. The zero-order valence-corrected chi connectivity index (χ0v) is 13.5. The molecule has 2 unspecified atom stereocenters. The van der Waals surface area contributed by atoms with Crippen molar-refractivity contribution in [2.45, 2.75) is 46.2 Å². The predicted molar refractivity (Wildman–Crippen MR) is 89.0 cm³/mol. The van der Waals surface area contributed by atoms with Gasteiger partial charge in [-0.1, -0.05) is 51.1 Å². The Kier molecular flexibility index (Phi) is 5.13. The highest BCUT2D eigenvalue weighted by Gasteiger charge is 2.21. The van der Waals surface area contributed by atoms with E-state index in [-0.39, 0.29) is 5.41 Å². The first-order chi connectivity index (χ1) is 9.96. The van der Waals surface area contributed by atoms with Gasteiger partial charge >= 0.3 is 0 Å². The molecule has 2 heteroatoms. The van der Waals surface area contributed by atoms with Crippen molar-refractivity contribution in [3.8, 4) is 0 Å². The summed E-state index contributed by atoms with van der Waals surface area (Å²) in [7, 11) is 0. The number of rotatable bonds is 5. The minimum absolute atomic E-state index is 0.283. The van der Waals surface area contributed by atoms with Gasteiger partial charge in [0.1, 0.15) is 0 Å². The second-order valence-corrected chi connectivity index (χ2v) is 6.90. The van der Waals surface area contributed by atoms with Gasteiger partial charge in [-0.05, 0) is 42.0 Å². The molecule has 2 atom stereocenters. The predicted octanol–water partition coefficient (Wildman–Crippen LogP) is 4.91. The van der Waals surface area contributed by atoms with Gasteiger partial charge in [-0.15, -0.1) is 0 Å². The maximum Gasteiger partial charge on any atom is 0.0330 e. The van der Waals surface area contributed by atoms with E-state index >= 15 is 0 Å². The van der Waals surface area contributed by atoms with Crippen molar-refractivity contribution in [1.29, 1.82) is 0 Å². The molecule has 2 aromatic rings. The smallest absolute Gasteiger partial charge is 0.0330 e. The minimum atomic E-state index is 0.283. The van der Waals surface area contributed by atoms with Crippen molar-refractivity contribution < 1.29 is 0 Å². The summed E-state index contributed by atoms with van der Waals surface area (Å²) in [6, 6.07) is 15.5. The summed E-state index contributed by atoms with van der Waals surface area (Å²) in [5.74, 6) is 0. The number of nitrogens with zero attached hydrogens (tertiary/aromatic N) is 1. The molecule has 0 spiro atoms. The fourth-order valence-corrected chi connectivity index (χ4v) is 2.62. The molecule has 0 aliphatic heterocycles. The summed E-state index contributed by atoms with van der Waals surface area (Å²) in [6.45, 7) is 9.10. The Hall–Kier alpha value is -1.67. The van der Waals surface area contributed by atoms with E-state index in [1.54, 1.807) is 0 Å². The molecule has 1 N–H and O–H groups in total. The summed E-state index contributed by atoms with van der Waals surface area (Å²) in [4.78, 5) is 4.10. The molecule has 0 fully saturated rings. The summed E-state index contributed by atoms with van der Waals surface area (Å²) in [6.07, 6.45) is 4.82. The standard InChI is InChI=1S/C19H26N2/c1-15(16-10-12-20-13-11-16)21-18(14-19(2,3)4)17-8-6-5-7-9-17/h5-13,15,18,21H,14H2,1-4H3. The zero-order chi connectivity index (χ0) is 15.3. The average molecular weight is 282 g/mol. The van der Waals surface area contributed by atoms with Crippen LogP contribution in [0.3, 0.4) is 0 Å². The molecule has 2 rings (SSSR count). The van der Waals surface area contributed by atoms with Crippen LogP contribution in [-0.4, -0.2) is 4.98 Å². The highest BCUT2D eigenvalue weighted by atomic mass is 14.9. The van der Waals surface area contributed by atoms with Gasteiger partial charge in [-0.2, -0.15) is 0 Å². The molecule has 112 valence electrons. The van der Waals surface area contributed by atoms with Gasteiger partial charge in [0.15, 0.2) is 0 Å². The van der Waals surface area contributed by atoms with E-state index in [0.717, 1.165) is 6.42 Å². The van der Waals surface area contributed by atoms with Crippen molar-refractivity contribution in [1.82, 2.24) is 10.3 Å². The third-order valence-electron chi connectivity index (χ3n) is 3.68. The van der Waals surface area contributed by atoms with Crippen LogP contribution in [0.4, 0.5) is 0 Å². The lowest BCUT2D eigenvalue weighted by Crippen LogP contribution is -2.28. The van der Waals surface area contributed by atoms with E-state index < -0.39 is 0 Å². The molecular formula is C19H26N2. The minimum Gasteiger partial charge on any atom is -0.303 e. The molecule has 0 amide bonds. The van der Waals surface area contributed by atoms with Crippen LogP contribution in [-0.2, 0) is 0 Å². The molecule has 0 saturated heterocycles. The van der Waals surface area contributed by atoms with Gasteiger partial charge in [-0.25, -0.2) is 0 Å². The Morgan fingerprint density at radius 1 is 0.952 bits per heavy atom. The normalized spacial score (nSPS) is 14.7. The zero-order valence-electron chi connectivity index (χ0n) is 13.5. The maximum atomic E-state index is 4.10. The molecule has 0 aliphatic rings. The van der Waals surface area contributed by atoms with Crippen molar-refractivity contribution in [2.24, 2.45) is 5.41 Å². The number of pyridine rings is 1. The van der Waals surface area contributed by atoms with Gasteiger partial charge in [0, 0.05) is 24.5 Å². The Morgan fingerprint density at radius 2 is 1.57 bits per heavy atom. The summed E-state index contributed by atoms with van der Waals surface area (Å²) < 4.78 is 0. The number of benzene rings is 1. The molecule has 21 heavy (non-hydrogen) atoms. The van der Waals surface area contributed by atoms with Gasteiger partial charge < -0.3 is 5.32 Å². The summed E-state index contributed by atoms with van der Waals surface area (Å²) >= 11 is 0. The molecular weight excluding hydrogens is 256 g/mol. The van der Waals surface area contributed by atoms with Crippen molar-refractivity contribution in [2.75, 3.05) is 0 Å². The highest BCUT2D eigenvalue weighted by Crippen LogP contribution is 2.31. The van der Waals surface area contributed by atoms with Crippen LogP contribution in [0, 0.1) is 5.41 Å². The Morgan fingerprint density at radius 3 is 2.14 bits per heavy atom. The molecule has 2 nitrogen and oxygen atoms in total. The number of hydrogen-bond acceptors (Lipinski definition) is 2. The van der Waals surface area contributed by atoms with Gasteiger partial charge in [0.05, 0.1) is 0 Å². The second-order valence-electron chi connectivity index (χ2n) is 6.90. The molecule has 0 aliphatic carbocycles. The first-order valence-electron chi connectivity index (χ1n) is 7.66. The van der Waals surface area contributed by atoms with Crippen LogP contribution in [0.1, 0.15) is 57.3 Å². The van der Waals surface area contributed by atoms with Crippen LogP contribution < -0.4 is 5.32 Å². The molecule has 1 aromatic heterocycles. The Bertz CT molecular complexity index is 528. The van der Waals surface area contributed by atoms with Crippen molar-refractivity contribution in [3.63, 3.8) is 0 Å². The molecule has 1 aromatic carbocycles. The van der Waals surface area contributed by atoms with Gasteiger partial charge in [-0.3, -0.25) is 4.98 Å². The van der Waals surface area contributed by atoms with E-state index in [9.17, 15) is 0 Å².